The van der Waals surface area contributed by atoms with Crippen LogP contribution in [0.25, 0.3) is 16.8 Å². The second-order valence-electron chi connectivity index (χ2n) is 7.88. The standard InChI is InChI=1S/C28H21N3O4/c1-19-12-13-24(31(33)34)16-27(19)30-28(32)23(17-29)14-20-6-4-10-25(15-20)35-18-22-9-5-8-21-7-2-3-11-26(21)22/h2-16H,18H2,1H3,(H,30,32)/b23-14+. The van der Waals surface area contributed by atoms with Crippen molar-refractivity contribution in [1.29, 1.82) is 5.26 Å². The summed E-state index contributed by atoms with van der Waals surface area (Å²) in [6, 6.07) is 27.3. The van der Waals surface area contributed by atoms with Gasteiger partial charge in [0.1, 0.15) is 24.0 Å². The molecule has 0 bridgehead atoms. The number of carbonyl (C=O) groups is 1. The third-order valence-corrected chi connectivity index (χ3v) is 5.49. The van der Waals surface area contributed by atoms with Gasteiger partial charge >= 0.3 is 0 Å². The molecule has 172 valence electrons. The lowest BCUT2D eigenvalue weighted by atomic mass is 10.1. The fourth-order valence-corrected chi connectivity index (χ4v) is 3.64. The van der Waals surface area contributed by atoms with Gasteiger partial charge in [-0.05, 0) is 52.6 Å². The van der Waals surface area contributed by atoms with Gasteiger partial charge in [-0.15, -0.1) is 0 Å². The van der Waals surface area contributed by atoms with Gasteiger partial charge in [0.05, 0.1) is 10.6 Å². The van der Waals surface area contributed by atoms with Gasteiger partial charge in [-0.3, -0.25) is 14.9 Å². The van der Waals surface area contributed by atoms with E-state index in [9.17, 15) is 20.2 Å². The maximum atomic E-state index is 12.7. The van der Waals surface area contributed by atoms with E-state index in [-0.39, 0.29) is 16.9 Å². The molecule has 1 N–H and O–H groups in total. The van der Waals surface area contributed by atoms with Gasteiger partial charge in [0, 0.05) is 12.1 Å². The lowest BCUT2D eigenvalue weighted by Crippen LogP contribution is -2.14. The maximum Gasteiger partial charge on any atom is 0.271 e. The summed E-state index contributed by atoms with van der Waals surface area (Å²) in [5, 5.41) is 25.4. The molecule has 0 aliphatic heterocycles. The number of nitriles is 1. The molecule has 0 heterocycles. The summed E-state index contributed by atoms with van der Waals surface area (Å²) < 4.78 is 5.99. The number of nitro benzene ring substituents is 1. The normalized spacial score (nSPS) is 11.0. The SMILES string of the molecule is Cc1ccc([N+](=O)[O-])cc1NC(=O)/C(C#N)=C/c1cccc(OCc2cccc3ccccc23)c1. The molecule has 4 aromatic rings. The minimum absolute atomic E-state index is 0.137. The highest BCUT2D eigenvalue weighted by atomic mass is 16.6. The average Bonchev–Trinajstić information content (AvgIpc) is 2.87. The first-order chi connectivity index (χ1) is 16.9. The van der Waals surface area contributed by atoms with Crippen molar-refractivity contribution in [3.63, 3.8) is 0 Å². The van der Waals surface area contributed by atoms with Gasteiger partial charge in [-0.25, -0.2) is 0 Å². The van der Waals surface area contributed by atoms with Crippen LogP contribution in [0.1, 0.15) is 16.7 Å². The molecule has 0 aliphatic rings. The molecule has 7 heteroatoms. The van der Waals surface area contributed by atoms with E-state index in [1.54, 1.807) is 37.3 Å². The number of carbonyl (C=O) groups excluding carboxylic acids is 1. The summed E-state index contributed by atoms with van der Waals surface area (Å²) >= 11 is 0. The van der Waals surface area contributed by atoms with Crippen LogP contribution in [0.4, 0.5) is 11.4 Å². The Bertz CT molecular complexity index is 1500. The van der Waals surface area contributed by atoms with Crippen molar-refractivity contribution in [3.8, 4) is 11.8 Å². The van der Waals surface area contributed by atoms with Crippen molar-refractivity contribution in [2.75, 3.05) is 5.32 Å². The zero-order chi connectivity index (χ0) is 24.8. The minimum atomic E-state index is -0.654. The van der Waals surface area contributed by atoms with Crippen molar-refractivity contribution >= 4 is 34.1 Å². The molecule has 4 rings (SSSR count). The smallest absolute Gasteiger partial charge is 0.271 e. The number of hydrogen-bond donors (Lipinski definition) is 1. The number of aryl methyl sites for hydroxylation is 1. The Kier molecular flexibility index (Phi) is 6.84. The molecule has 0 saturated heterocycles. The van der Waals surface area contributed by atoms with Crippen LogP contribution in [0.5, 0.6) is 5.75 Å². The molecule has 0 unspecified atom stereocenters. The summed E-state index contributed by atoms with van der Waals surface area (Å²) in [5.41, 5.74) is 2.30. The molecule has 1 amide bonds. The van der Waals surface area contributed by atoms with E-state index < -0.39 is 10.8 Å². The highest BCUT2D eigenvalue weighted by Crippen LogP contribution is 2.24. The third kappa shape index (κ3) is 5.52. The largest absolute Gasteiger partial charge is 0.489 e. The Morgan fingerprint density at radius 3 is 2.63 bits per heavy atom. The first-order valence-electron chi connectivity index (χ1n) is 10.8. The molecule has 0 aliphatic carbocycles. The van der Waals surface area contributed by atoms with Crippen LogP contribution in [0, 0.1) is 28.4 Å². The minimum Gasteiger partial charge on any atom is -0.489 e. The molecular weight excluding hydrogens is 442 g/mol. The van der Waals surface area contributed by atoms with Crippen molar-refractivity contribution < 1.29 is 14.5 Å². The monoisotopic (exact) mass is 463 g/mol. The van der Waals surface area contributed by atoms with Crippen LogP contribution in [-0.2, 0) is 11.4 Å². The Balaban J connectivity index is 1.51. The third-order valence-electron chi connectivity index (χ3n) is 5.49. The van der Waals surface area contributed by atoms with E-state index in [1.165, 1.54) is 18.2 Å². The van der Waals surface area contributed by atoms with Crippen LogP contribution in [0.15, 0.2) is 90.5 Å². The van der Waals surface area contributed by atoms with Gasteiger partial charge < -0.3 is 10.1 Å². The molecule has 0 spiro atoms. The summed E-state index contributed by atoms with van der Waals surface area (Å²) in [6.07, 6.45) is 1.45. The Morgan fingerprint density at radius 2 is 1.83 bits per heavy atom. The number of nitrogens with zero attached hydrogens (tertiary/aromatic N) is 2. The summed E-state index contributed by atoms with van der Waals surface area (Å²) in [7, 11) is 0. The van der Waals surface area contributed by atoms with Crippen LogP contribution in [0.2, 0.25) is 0 Å². The molecule has 4 aromatic carbocycles. The topological polar surface area (TPSA) is 105 Å². The number of hydrogen-bond acceptors (Lipinski definition) is 5. The van der Waals surface area contributed by atoms with E-state index in [0.29, 0.717) is 23.5 Å². The summed E-state index contributed by atoms with van der Waals surface area (Å²) in [4.78, 5) is 23.2. The molecule has 35 heavy (non-hydrogen) atoms. The van der Waals surface area contributed by atoms with Gasteiger partial charge in [-0.2, -0.15) is 5.26 Å². The Morgan fingerprint density at radius 1 is 1.06 bits per heavy atom. The number of rotatable bonds is 7. The number of benzene rings is 4. The Labute approximate surface area is 202 Å². The summed E-state index contributed by atoms with van der Waals surface area (Å²) in [6.45, 7) is 2.08. The van der Waals surface area contributed by atoms with Gasteiger partial charge in [0.15, 0.2) is 0 Å². The number of amides is 1. The second kappa shape index (κ2) is 10.3. The summed E-state index contributed by atoms with van der Waals surface area (Å²) in [5.74, 6) is -0.0583. The highest BCUT2D eigenvalue weighted by Gasteiger charge is 2.14. The molecule has 0 radical (unpaired) electrons. The number of anilines is 1. The molecular formula is C28H21N3O4. The second-order valence-corrected chi connectivity index (χ2v) is 7.88. The van der Waals surface area contributed by atoms with Crippen molar-refractivity contribution in [3.05, 3.63) is 117 Å². The zero-order valence-electron chi connectivity index (χ0n) is 18.9. The van der Waals surface area contributed by atoms with E-state index in [2.05, 4.69) is 5.32 Å². The number of nitro groups is 1. The highest BCUT2D eigenvalue weighted by molar-refractivity contribution is 6.10. The lowest BCUT2D eigenvalue weighted by molar-refractivity contribution is -0.384. The first-order valence-corrected chi connectivity index (χ1v) is 10.8. The number of nitrogens with one attached hydrogen (secondary N) is 1. The van der Waals surface area contributed by atoms with Gasteiger partial charge in [0.2, 0.25) is 0 Å². The van der Waals surface area contributed by atoms with Crippen LogP contribution < -0.4 is 10.1 Å². The van der Waals surface area contributed by atoms with E-state index in [0.717, 1.165) is 16.3 Å². The molecule has 0 saturated carbocycles. The van der Waals surface area contributed by atoms with Crippen molar-refractivity contribution in [2.24, 2.45) is 0 Å². The lowest BCUT2D eigenvalue weighted by Gasteiger charge is -2.10. The first kappa shape index (κ1) is 23.2. The van der Waals surface area contributed by atoms with Crippen molar-refractivity contribution in [1.82, 2.24) is 0 Å². The van der Waals surface area contributed by atoms with Gasteiger partial charge in [-0.1, -0.05) is 60.7 Å². The van der Waals surface area contributed by atoms with E-state index in [1.807, 2.05) is 48.5 Å². The van der Waals surface area contributed by atoms with Crippen LogP contribution >= 0.6 is 0 Å². The number of fused-ring (bicyclic) bond motifs is 1. The quantitative estimate of drug-likeness (QED) is 0.152. The maximum absolute atomic E-state index is 12.7. The Hall–Kier alpha value is -4.96. The zero-order valence-corrected chi connectivity index (χ0v) is 18.9. The molecule has 0 atom stereocenters. The fraction of sp³-hybridized carbons (Fsp3) is 0.0714. The molecule has 0 fully saturated rings. The van der Waals surface area contributed by atoms with E-state index >= 15 is 0 Å². The average molecular weight is 463 g/mol. The van der Waals surface area contributed by atoms with Crippen LogP contribution in [0.3, 0.4) is 0 Å². The predicted octanol–water partition coefficient (Wildman–Crippen LogP) is 6.18. The van der Waals surface area contributed by atoms with E-state index in [4.69, 9.17) is 4.74 Å². The van der Waals surface area contributed by atoms with Crippen LogP contribution in [-0.4, -0.2) is 10.8 Å². The fourth-order valence-electron chi connectivity index (χ4n) is 3.64. The van der Waals surface area contributed by atoms with Gasteiger partial charge in [0.25, 0.3) is 11.6 Å². The predicted molar refractivity (Wildman–Crippen MR) is 135 cm³/mol. The molecule has 0 aromatic heterocycles. The number of ether oxygens (including phenoxy) is 1. The van der Waals surface area contributed by atoms with Crippen molar-refractivity contribution in [2.45, 2.75) is 13.5 Å². The number of non-ortho nitro benzene ring substituents is 1. The molecule has 7 nitrogen and oxygen atoms in total.